The molecule has 0 radical (unpaired) electrons. The zero-order valence-electron chi connectivity index (χ0n) is 13.4. The fourth-order valence-electron chi connectivity index (χ4n) is 3.09. The Kier molecular flexibility index (Phi) is 3.55. The molecule has 1 N–H and O–H groups in total. The molecule has 1 aliphatic heterocycles. The first-order valence-electron chi connectivity index (χ1n) is 7.85. The van der Waals surface area contributed by atoms with E-state index in [4.69, 9.17) is 0 Å². The number of rotatable bonds is 1. The van der Waals surface area contributed by atoms with Crippen LogP contribution in [0.2, 0.25) is 0 Å². The van der Waals surface area contributed by atoms with Crippen molar-refractivity contribution in [3.8, 4) is 0 Å². The first kappa shape index (κ1) is 14.8. The number of aromatic nitrogens is 1. The highest BCUT2D eigenvalue weighted by molar-refractivity contribution is 5.98. The minimum atomic E-state index is -0.362. The number of nitrogens with one attached hydrogen (secondary N) is 1. The first-order valence-corrected chi connectivity index (χ1v) is 7.85. The van der Waals surface area contributed by atoms with Gasteiger partial charge in [-0.1, -0.05) is 18.2 Å². The smallest absolute Gasteiger partial charge is 0.263 e. The van der Waals surface area contributed by atoms with Crippen LogP contribution in [0.5, 0.6) is 0 Å². The number of amides is 1. The molecule has 0 unspecified atom stereocenters. The molecular formula is C18H22N2O2. The number of pyridine rings is 1. The third-order valence-corrected chi connectivity index (χ3v) is 4.01. The van der Waals surface area contributed by atoms with E-state index in [1.807, 2.05) is 32.9 Å². The number of benzene rings is 1. The summed E-state index contributed by atoms with van der Waals surface area (Å²) in [5, 5.41) is 3.86. The summed E-state index contributed by atoms with van der Waals surface area (Å²) in [7, 11) is 0. The zero-order valence-corrected chi connectivity index (χ0v) is 13.4. The third kappa shape index (κ3) is 2.65. The van der Waals surface area contributed by atoms with Gasteiger partial charge in [0.1, 0.15) is 5.56 Å². The molecule has 0 saturated heterocycles. The minimum absolute atomic E-state index is 0.177. The van der Waals surface area contributed by atoms with Crippen LogP contribution >= 0.6 is 0 Å². The Morgan fingerprint density at radius 3 is 2.73 bits per heavy atom. The summed E-state index contributed by atoms with van der Waals surface area (Å²) in [4.78, 5) is 25.2. The average molecular weight is 298 g/mol. The first-order chi connectivity index (χ1) is 10.4. The van der Waals surface area contributed by atoms with Crippen molar-refractivity contribution in [2.45, 2.75) is 52.1 Å². The Labute approximate surface area is 130 Å². The molecule has 3 rings (SSSR count). The van der Waals surface area contributed by atoms with Gasteiger partial charge in [-0.3, -0.25) is 9.59 Å². The summed E-state index contributed by atoms with van der Waals surface area (Å²) in [5.74, 6) is -0.294. The fourth-order valence-corrected chi connectivity index (χ4v) is 3.09. The van der Waals surface area contributed by atoms with Gasteiger partial charge in [-0.05, 0) is 57.0 Å². The van der Waals surface area contributed by atoms with Crippen molar-refractivity contribution in [3.63, 3.8) is 0 Å². The van der Waals surface area contributed by atoms with Crippen LogP contribution in [0, 0.1) is 0 Å². The molecule has 1 amide bonds. The van der Waals surface area contributed by atoms with Gasteiger partial charge in [0.2, 0.25) is 0 Å². The molecule has 116 valence electrons. The summed E-state index contributed by atoms with van der Waals surface area (Å²) < 4.78 is 1.79. The fraction of sp³-hybridized carbons (Fsp3) is 0.444. The van der Waals surface area contributed by atoms with Crippen LogP contribution in [0.15, 0.2) is 29.1 Å². The Hall–Kier alpha value is -2.10. The molecule has 0 fully saturated rings. The third-order valence-electron chi connectivity index (χ3n) is 4.01. The molecular weight excluding hydrogens is 276 g/mol. The van der Waals surface area contributed by atoms with Gasteiger partial charge in [-0.15, -0.1) is 0 Å². The molecule has 1 aliphatic rings. The number of carbonyl (C=O) groups excluding carboxylic acids is 1. The maximum Gasteiger partial charge on any atom is 0.263 e. The van der Waals surface area contributed by atoms with E-state index in [0.717, 1.165) is 30.2 Å². The van der Waals surface area contributed by atoms with E-state index in [9.17, 15) is 9.59 Å². The van der Waals surface area contributed by atoms with Gasteiger partial charge in [-0.2, -0.15) is 0 Å². The summed E-state index contributed by atoms with van der Waals surface area (Å²) in [6.07, 6.45) is 3.03. The van der Waals surface area contributed by atoms with Crippen LogP contribution in [0.1, 0.15) is 49.5 Å². The number of para-hydroxylation sites is 1. The predicted octanol–water partition coefficient (Wildman–Crippen LogP) is 2.87. The maximum absolute atomic E-state index is 12.8. The quantitative estimate of drug-likeness (QED) is 0.880. The second-order valence-electron chi connectivity index (χ2n) is 7.03. The molecule has 0 spiro atoms. The van der Waals surface area contributed by atoms with Crippen molar-refractivity contribution in [1.29, 1.82) is 0 Å². The van der Waals surface area contributed by atoms with E-state index >= 15 is 0 Å². The molecule has 22 heavy (non-hydrogen) atoms. The molecule has 2 aromatic rings. The Balaban J connectivity index is 2.21. The lowest BCUT2D eigenvalue weighted by Crippen LogP contribution is -2.43. The van der Waals surface area contributed by atoms with Crippen molar-refractivity contribution in [2.75, 3.05) is 0 Å². The SMILES string of the molecule is CC(C)(C)NC(=O)c1cc2cccc3c2n(c1=O)CCCC3. The van der Waals surface area contributed by atoms with Gasteiger partial charge in [0, 0.05) is 12.1 Å². The van der Waals surface area contributed by atoms with Crippen LogP contribution in [-0.2, 0) is 13.0 Å². The van der Waals surface area contributed by atoms with Crippen LogP contribution < -0.4 is 10.9 Å². The predicted molar refractivity (Wildman–Crippen MR) is 88.4 cm³/mol. The van der Waals surface area contributed by atoms with Crippen molar-refractivity contribution in [2.24, 2.45) is 0 Å². The molecule has 0 saturated carbocycles. The molecule has 2 heterocycles. The molecule has 0 aliphatic carbocycles. The summed E-state index contributed by atoms with van der Waals surface area (Å²) in [6.45, 7) is 6.42. The summed E-state index contributed by atoms with van der Waals surface area (Å²) in [6, 6.07) is 7.81. The van der Waals surface area contributed by atoms with Crippen LogP contribution in [0.3, 0.4) is 0 Å². The minimum Gasteiger partial charge on any atom is -0.347 e. The van der Waals surface area contributed by atoms with Gasteiger partial charge >= 0.3 is 0 Å². The standard InChI is InChI=1S/C18H22N2O2/c1-18(2,3)19-16(21)14-11-13-9-6-8-12-7-4-5-10-20(15(12)13)17(14)22/h6,8-9,11H,4-5,7,10H2,1-3H3,(H,19,21). The molecule has 4 nitrogen and oxygen atoms in total. The van der Waals surface area contributed by atoms with Gasteiger partial charge in [-0.25, -0.2) is 0 Å². The lowest BCUT2D eigenvalue weighted by Gasteiger charge is -2.21. The van der Waals surface area contributed by atoms with Crippen LogP contribution in [0.25, 0.3) is 10.9 Å². The largest absolute Gasteiger partial charge is 0.347 e. The van der Waals surface area contributed by atoms with Gasteiger partial charge < -0.3 is 9.88 Å². The van der Waals surface area contributed by atoms with Gasteiger partial charge in [0.25, 0.3) is 11.5 Å². The van der Waals surface area contributed by atoms with Crippen LogP contribution in [0.4, 0.5) is 0 Å². The Morgan fingerprint density at radius 1 is 1.23 bits per heavy atom. The highest BCUT2D eigenvalue weighted by atomic mass is 16.2. The lowest BCUT2D eigenvalue weighted by atomic mass is 10.0. The lowest BCUT2D eigenvalue weighted by molar-refractivity contribution is 0.0917. The maximum atomic E-state index is 12.8. The summed E-state index contributed by atoms with van der Waals surface area (Å²) in [5.41, 5.74) is 1.90. The van der Waals surface area contributed by atoms with Crippen molar-refractivity contribution < 1.29 is 4.79 Å². The number of nitrogens with zero attached hydrogens (tertiary/aromatic N) is 1. The number of carbonyl (C=O) groups is 1. The van der Waals surface area contributed by atoms with E-state index in [1.165, 1.54) is 5.56 Å². The highest BCUT2D eigenvalue weighted by Crippen LogP contribution is 2.23. The molecule has 4 heteroatoms. The van der Waals surface area contributed by atoms with E-state index in [-0.39, 0.29) is 22.6 Å². The van der Waals surface area contributed by atoms with Crippen LogP contribution in [-0.4, -0.2) is 16.0 Å². The van der Waals surface area contributed by atoms with Crippen molar-refractivity contribution in [3.05, 3.63) is 45.7 Å². The van der Waals surface area contributed by atoms with E-state index in [1.54, 1.807) is 10.6 Å². The average Bonchev–Trinajstić information content (AvgIpc) is 2.64. The monoisotopic (exact) mass is 298 g/mol. The topological polar surface area (TPSA) is 51.1 Å². The molecule has 1 aromatic carbocycles. The zero-order chi connectivity index (χ0) is 15.9. The van der Waals surface area contributed by atoms with Gasteiger partial charge in [0.15, 0.2) is 0 Å². The summed E-state index contributed by atoms with van der Waals surface area (Å²) >= 11 is 0. The molecule has 1 aromatic heterocycles. The van der Waals surface area contributed by atoms with E-state index in [0.29, 0.717) is 6.54 Å². The molecule has 0 atom stereocenters. The Bertz CT molecular complexity index is 797. The second kappa shape index (κ2) is 5.27. The van der Waals surface area contributed by atoms with E-state index in [2.05, 4.69) is 11.4 Å². The number of hydrogen-bond acceptors (Lipinski definition) is 2. The highest BCUT2D eigenvalue weighted by Gasteiger charge is 2.21. The van der Waals surface area contributed by atoms with E-state index < -0.39 is 0 Å². The number of hydrogen-bond donors (Lipinski definition) is 1. The number of aryl methyl sites for hydroxylation is 2. The molecule has 0 bridgehead atoms. The van der Waals surface area contributed by atoms with Crippen molar-refractivity contribution >= 4 is 16.8 Å². The Morgan fingerprint density at radius 2 is 2.00 bits per heavy atom. The van der Waals surface area contributed by atoms with Crippen molar-refractivity contribution in [1.82, 2.24) is 9.88 Å². The normalized spacial score (nSPS) is 14.7. The second-order valence-corrected chi connectivity index (χ2v) is 7.03. The van der Waals surface area contributed by atoms with Gasteiger partial charge in [0.05, 0.1) is 5.52 Å².